The maximum atomic E-state index is 12.7. The predicted molar refractivity (Wildman–Crippen MR) is 80.9 cm³/mol. The van der Waals surface area contributed by atoms with Crippen LogP contribution in [0.4, 0.5) is 0 Å². The van der Waals surface area contributed by atoms with E-state index >= 15 is 0 Å². The zero-order chi connectivity index (χ0) is 16.1. The number of carbonyl (C=O) groups is 3. The van der Waals surface area contributed by atoms with Gasteiger partial charge in [-0.25, -0.2) is 0 Å². The van der Waals surface area contributed by atoms with Gasteiger partial charge in [0, 0.05) is 33.1 Å². The van der Waals surface area contributed by atoms with E-state index in [2.05, 4.69) is 0 Å². The predicted octanol–water partition coefficient (Wildman–Crippen LogP) is 1.05. The van der Waals surface area contributed by atoms with Crippen LogP contribution in [0.15, 0.2) is 0 Å². The SMILES string of the molecule is CCOC(=O)C1CCCN(C(=O)C2CCCN(C(C)=O)C2)C1. The lowest BCUT2D eigenvalue weighted by atomic mass is 9.93. The van der Waals surface area contributed by atoms with Gasteiger partial charge in [-0.1, -0.05) is 0 Å². The fourth-order valence-electron chi connectivity index (χ4n) is 3.35. The van der Waals surface area contributed by atoms with Crippen LogP contribution in [0.2, 0.25) is 0 Å². The Balaban J connectivity index is 1.93. The van der Waals surface area contributed by atoms with Crippen molar-refractivity contribution in [1.82, 2.24) is 9.80 Å². The molecule has 2 rings (SSSR count). The standard InChI is InChI=1S/C16H26N2O4/c1-3-22-16(21)14-7-5-9-18(11-14)15(20)13-6-4-8-17(10-13)12(2)19/h13-14H,3-11H2,1-2H3. The summed E-state index contributed by atoms with van der Waals surface area (Å²) in [5.41, 5.74) is 0. The van der Waals surface area contributed by atoms with Crippen LogP contribution in [0.5, 0.6) is 0 Å². The van der Waals surface area contributed by atoms with Gasteiger partial charge in [0.2, 0.25) is 11.8 Å². The second kappa shape index (κ2) is 7.61. The molecule has 22 heavy (non-hydrogen) atoms. The molecule has 0 aromatic carbocycles. The normalized spacial score (nSPS) is 25.7. The smallest absolute Gasteiger partial charge is 0.310 e. The molecule has 0 radical (unpaired) electrons. The Bertz CT molecular complexity index is 438. The highest BCUT2D eigenvalue weighted by molar-refractivity contribution is 5.82. The van der Waals surface area contributed by atoms with Crippen LogP contribution in [0.3, 0.4) is 0 Å². The van der Waals surface area contributed by atoms with Gasteiger partial charge in [-0.2, -0.15) is 0 Å². The summed E-state index contributed by atoms with van der Waals surface area (Å²) in [7, 11) is 0. The molecule has 0 aliphatic carbocycles. The van der Waals surface area contributed by atoms with Crippen LogP contribution < -0.4 is 0 Å². The zero-order valence-electron chi connectivity index (χ0n) is 13.5. The highest BCUT2D eigenvalue weighted by Gasteiger charge is 2.34. The Morgan fingerprint density at radius 3 is 2.23 bits per heavy atom. The summed E-state index contributed by atoms with van der Waals surface area (Å²) in [5, 5.41) is 0. The van der Waals surface area contributed by atoms with E-state index in [1.807, 2.05) is 0 Å². The molecule has 2 unspecified atom stereocenters. The quantitative estimate of drug-likeness (QED) is 0.731. The lowest BCUT2D eigenvalue weighted by molar-refractivity contribution is -0.152. The molecule has 6 heteroatoms. The second-order valence-corrected chi connectivity index (χ2v) is 6.18. The summed E-state index contributed by atoms with van der Waals surface area (Å²) in [5.74, 6) is -0.418. The minimum absolute atomic E-state index is 0.0283. The molecule has 0 N–H and O–H groups in total. The molecular formula is C16H26N2O4. The molecule has 2 aliphatic rings. The summed E-state index contributed by atoms with van der Waals surface area (Å²) in [4.78, 5) is 39.6. The topological polar surface area (TPSA) is 66.9 Å². The number of esters is 1. The zero-order valence-corrected chi connectivity index (χ0v) is 13.5. The fourth-order valence-corrected chi connectivity index (χ4v) is 3.35. The number of carbonyl (C=O) groups excluding carboxylic acids is 3. The number of rotatable bonds is 3. The number of piperidine rings is 2. The van der Waals surface area contributed by atoms with E-state index in [4.69, 9.17) is 4.74 Å². The summed E-state index contributed by atoms with van der Waals surface area (Å²) in [6.45, 7) is 6.12. The molecular weight excluding hydrogens is 284 g/mol. The van der Waals surface area contributed by atoms with Crippen LogP contribution in [-0.2, 0) is 19.1 Å². The van der Waals surface area contributed by atoms with Crippen molar-refractivity contribution < 1.29 is 19.1 Å². The molecule has 2 atom stereocenters. The van der Waals surface area contributed by atoms with Crippen LogP contribution in [0.1, 0.15) is 39.5 Å². The third-order valence-corrected chi connectivity index (χ3v) is 4.57. The van der Waals surface area contributed by atoms with Gasteiger partial charge in [-0.3, -0.25) is 14.4 Å². The highest BCUT2D eigenvalue weighted by atomic mass is 16.5. The van der Waals surface area contributed by atoms with Gasteiger partial charge in [0.05, 0.1) is 18.4 Å². The Morgan fingerprint density at radius 1 is 1.00 bits per heavy atom. The van der Waals surface area contributed by atoms with E-state index in [0.717, 1.165) is 32.2 Å². The minimum atomic E-state index is -0.204. The summed E-state index contributed by atoms with van der Waals surface area (Å²) in [6, 6.07) is 0. The van der Waals surface area contributed by atoms with Gasteiger partial charge in [0.25, 0.3) is 0 Å². The molecule has 124 valence electrons. The Labute approximate surface area is 131 Å². The van der Waals surface area contributed by atoms with Crippen molar-refractivity contribution in [2.75, 3.05) is 32.8 Å². The first kappa shape index (κ1) is 16.8. The molecule has 2 fully saturated rings. The van der Waals surface area contributed by atoms with E-state index in [9.17, 15) is 14.4 Å². The molecule has 0 spiro atoms. The molecule has 0 aromatic heterocycles. The highest BCUT2D eigenvalue weighted by Crippen LogP contribution is 2.23. The van der Waals surface area contributed by atoms with Gasteiger partial charge >= 0.3 is 5.97 Å². The third kappa shape index (κ3) is 3.99. The first-order valence-electron chi connectivity index (χ1n) is 8.23. The molecule has 2 saturated heterocycles. The van der Waals surface area contributed by atoms with Gasteiger partial charge < -0.3 is 14.5 Å². The average Bonchev–Trinajstić information content (AvgIpc) is 2.54. The van der Waals surface area contributed by atoms with Crippen LogP contribution in [-0.4, -0.2) is 60.4 Å². The fraction of sp³-hybridized carbons (Fsp3) is 0.812. The molecule has 6 nitrogen and oxygen atoms in total. The number of hydrogen-bond acceptors (Lipinski definition) is 4. The van der Waals surface area contributed by atoms with E-state index < -0.39 is 0 Å². The minimum Gasteiger partial charge on any atom is -0.466 e. The number of ether oxygens (including phenoxy) is 1. The second-order valence-electron chi connectivity index (χ2n) is 6.18. The van der Waals surface area contributed by atoms with Gasteiger partial charge in [0.1, 0.15) is 0 Å². The lowest BCUT2D eigenvalue weighted by Gasteiger charge is -2.37. The number of amides is 2. The van der Waals surface area contributed by atoms with E-state index in [0.29, 0.717) is 26.2 Å². The molecule has 0 aromatic rings. The largest absolute Gasteiger partial charge is 0.466 e. The number of likely N-dealkylation sites (tertiary alicyclic amines) is 2. The van der Waals surface area contributed by atoms with Gasteiger partial charge in [-0.15, -0.1) is 0 Å². The van der Waals surface area contributed by atoms with E-state index in [1.54, 1.807) is 23.6 Å². The lowest BCUT2D eigenvalue weighted by Crippen LogP contribution is -2.49. The maximum absolute atomic E-state index is 12.7. The monoisotopic (exact) mass is 310 g/mol. The van der Waals surface area contributed by atoms with Crippen LogP contribution in [0, 0.1) is 11.8 Å². The van der Waals surface area contributed by atoms with Crippen molar-refractivity contribution in [2.24, 2.45) is 11.8 Å². The van der Waals surface area contributed by atoms with Crippen molar-refractivity contribution in [3.05, 3.63) is 0 Å². The van der Waals surface area contributed by atoms with Crippen molar-refractivity contribution in [2.45, 2.75) is 39.5 Å². The summed E-state index contributed by atoms with van der Waals surface area (Å²) in [6.07, 6.45) is 3.31. The molecule has 2 amide bonds. The molecule has 2 heterocycles. The number of hydrogen-bond donors (Lipinski definition) is 0. The Hall–Kier alpha value is -1.59. The van der Waals surface area contributed by atoms with E-state index in [1.165, 1.54) is 0 Å². The van der Waals surface area contributed by atoms with Crippen molar-refractivity contribution in [3.8, 4) is 0 Å². The first-order chi connectivity index (χ1) is 10.5. The first-order valence-corrected chi connectivity index (χ1v) is 8.23. The Kier molecular flexibility index (Phi) is 5.80. The Morgan fingerprint density at radius 2 is 1.59 bits per heavy atom. The maximum Gasteiger partial charge on any atom is 0.310 e. The van der Waals surface area contributed by atoms with Crippen molar-refractivity contribution >= 4 is 17.8 Å². The summed E-state index contributed by atoms with van der Waals surface area (Å²) >= 11 is 0. The van der Waals surface area contributed by atoms with Crippen LogP contribution >= 0.6 is 0 Å². The van der Waals surface area contributed by atoms with E-state index in [-0.39, 0.29) is 29.6 Å². The third-order valence-electron chi connectivity index (χ3n) is 4.57. The average molecular weight is 310 g/mol. The molecule has 2 aliphatic heterocycles. The summed E-state index contributed by atoms with van der Waals surface area (Å²) < 4.78 is 5.07. The van der Waals surface area contributed by atoms with Crippen molar-refractivity contribution in [3.63, 3.8) is 0 Å². The molecule has 0 bridgehead atoms. The van der Waals surface area contributed by atoms with Gasteiger partial charge in [-0.05, 0) is 32.6 Å². The molecule has 0 saturated carbocycles. The number of nitrogens with zero attached hydrogens (tertiary/aromatic N) is 2. The van der Waals surface area contributed by atoms with Gasteiger partial charge in [0.15, 0.2) is 0 Å². The van der Waals surface area contributed by atoms with Crippen LogP contribution in [0.25, 0.3) is 0 Å². The van der Waals surface area contributed by atoms with Crippen molar-refractivity contribution in [1.29, 1.82) is 0 Å².